The van der Waals surface area contributed by atoms with E-state index in [4.69, 9.17) is 25.7 Å². The number of carbonyl (C=O) groups is 5. The molecule has 6 atom stereocenters. The number of Topliss-reactive ketones (excluding diaryl/α,β-unsaturated/α-hetero) is 2. The number of carboxylic acid groups (broad SMARTS) is 1. The molecular formula is C29H38N4O10. The SMILES string of the molecule is COCC1OC(=O)/C(=C/NC(CCCN=C(N)N)C(=O)O)C2=C(O)C(=O)C3=C(C(OC(C)=O)CC4(C)C(=O)CCC34)C21C. The number of allylic oxidation sites excluding steroid dienone is 1. The highest BCUT2D eigenvalue weighted by Crippen LogP contribution is 2.62. The highest BCUT2D eigenvalue weighted by atomic mass is 16.6. The van der Waals surface area contributed by atoms with Gasteiger partial charge >= 0.3 is 17.9 Å². The Labute approximate surface area is 248 Å². The summed E-state index contributed by atoms with van der Waals surface area (Å²) in [5.74, 6) is -5.04. The van der Waals surface area contributed by atoms with Crippen LogP contribution in [0.2, 0.25) is 0 Å². The van der Waals surface area contributed by atoms with Gasteiger partial charge in [0.15, 0.2) is 11.7 Å². The Morgan fingerprint density at radius 1 is 1.26 bits per heavy atom. The summed E-state index contributed by atoms with van der Waals surface area (Å²) in [6.07, 6.45) is 0.0773. The van der Waals surface area contributed by atoms with E-state index in [2.05, 4.69) is 10.3 Å². The third-order valence-electron chi connectivity index (χ3n) is 9.09. The van der Waals surface area contributed by atoms with Crippen molar-refractivity contribution in [3.05, 3.63) is 34.3 Å². The number of ketones is 2. The fraction of sp³-hybridized carbons (Fsp3) is 0.586. The van der Waals surface area contributed by atoms with E-state index in [1.807, 2.05) is 0 Å². The van der Waals surface area contributed by atoms with Crippen molar-refractivity contribution in [2.75, 3.05) is 20.3 Å². The van der Waals surface area contributed by atoms with E-state index in [9.17, 15) is 34.2 Å². The van der Waals surface area contributed by atoms with E-state index in [1.54, 1.807) is 13.8 Å². The summed E-state index contributed by atoms with van der Waals surface area (Å²) < 4.78 is 16.9. The number of nitrogens with zero attached hydrogens (tertiary/aromatic N) is 1. The number of guanidine groups is 1. The Bertz CT molecular complexity index is 1380. The number of aliphatic hydroxyl groups excluding tert-OH is 1. The Morgan fingerprint density at radius 3 is 2.56 bits per heavy atom. The van der Waals surface area contributed by atoms with Crippen LogP contribution in [0.4, 0.5) is 0 Å². The lowest BCUT2D eigenvalue weighted by molar-refractivity contribution is -0.160. The van der Waals surface area contributed by atoms with Crippen LogP contribution in [-0.4, -0.2) is 84.2 Å². The molecule has 0 aromatic heterocycles. The number of ether oxygens (including phenoxy) is 3. The molecule has 14 heteroatoms. The van der Waals surface area contributed by atoms with Gasteiger partial charge in [-0.3, -0.25) is 19.4 Å². The first-order valence-electron chi connectivity index (χ1n) is 14.1. The predicted octanol–water partition coefficient (Wildman–Crippen LogP) is 0.557. The molecule has 0 bridgehead atoms. The van der Waals surface area contributed by atoms with E-state index in [0.29, 0.717) is 18.4 Å². The molecule has 0 radical (unpaired) electrons. The van der Waals surface area contributed by atoms with E-state index in [1.165, 1.54) is 14.0 Å². The first-order valence-corrected chi connectivity index (χ1v) is 14.1. The van der Waals surface area contributed by atoms with Crippen LogP contribution < -0.4 is 16.8 Å². The summed E-state index contributed by atoms with van der Waals surface area (Å²) in [4.78, 5) is 68.5. The standard InChI is InChI=1S/C29H38N4O10/c1-13(34)42-17-10-28(2)15(7-8-18(28)35)20-22(17)29(3)19(12-41-4)43-26(40)14(21(29)24(37)23(20)36)11-33-16(25(38)39)6-5-9-32-27(30)31/h11,15-17,19,33,37H,5-10,12H2,1-4H3,(H,38,39)(H4,30,31,32)/b14-11+. The molecule has 6 unspecified atom stereocenters. The first kappa shape index (κ1) is 31.7. The monoisotopic (exact) mass is 602 g/mol. The molecule has 0 amide bonds. The molecule has 4 aliphatic rings. The number of hydrogen-bond acceptors (Lipinski definition) is 11. The number of cyclic esters (lactones) is 1. The average molecular weight is 603 g/mol. The number of nitrogens with two attached hydrogens (primary N) is 2. The topological polar surface area (TPSA) is 230 Å². The van der Waals surface area contributed by atoms with E-state index in [-0.39, 0.29) is 60.9 Å². The number of carboxylic acids is 1. The van der Waals surface area contributed by atoms with Gasteiger partial charge in [0.2, 0.25) is 5.78 Å². The van der Waals surface area contributed by atoms with Crippen molar-refractivity contribution in [2.45, 2.75) is 71.1 Å². The summed E-state index contributed by atoms with van der Waals surface area (Å²) in [5.41, 5.74) is 8.34. The van der Waals surface area contributed by atoms with Gasteiger partial charge in [-0.05, 0) is 31.8 Å². The Kier molecular flexibility index (Phi) is 8.72. The summed E-state index contributed by atoms with van der Waals surface area (Å²) in [5, 5.41) is 24.0. The molecule has 14 nitrogen and oxygen atoms in total. The maximum Gasteiger partial charge on any atom is 0.340 e. The van der Waals surface area contributed by atoms with Gasteiger partial charge in [0.05, 0.1) is 17.6 Å². The number of fused-ring (bicyclic) bond motifs is 4. The minimum absolute atomic E-state index is 0.0683. The van der Waals surface area contributed by atoms with Gasteiger partial charge < -0.3 is 41.2 Å². The lowest BCUT2D eigenvalue weighted by atomic mass is 9.53. The number of aliphatic imine (C=N–C) groups is 1. The second-order valence-electron chi connectivity index (χ2n) is 11.7. The summed E-state index contributed by atoms with van der Waals surface area (Å²) in [7, 11) is 1.40. The van der Waals surface area contributed by atoms with Gasteiger partial charge in [-0.2, -0.15) is 0 Å². The number of rotatable bonds is 10. The number of aliphatic hydroxyl groups is 1. The number of hydrogen-bond donors (Lipinski definition) is 5. The number of methoxy groups -OCH3 is 1. The van der Waals surface area contributed by atoms with Crippen molar-refractivity contribution in [1.82, 2.24) is 5.32 Å². The van der Waals surface area contributed by atoms with E-state index < -0.39 is 64.4 Å². The smallest absolute Gasteiger partial charge is 0.340 e. The van der Waals surface area contributed by atoms with E-state index >= 15 is 0 Å². The third kappa shape index (κ3) is 5.39. The molecule has 43 heavy (non-hydrogen) atoms. The van der Waals surface area contributed by atoms with Crippen molar-refractivity contribution in [3.63, 3.8) is 0 Å². The number of nitrogens with one attached hydrogen (secondary N) is 1. The van der Waals surface area contributed by atoms with Gasteiger partial charge in [-0.25, -0.2) is 9.59 Å². The Morgan fingerprint density at radius 2 is 1.95 bits per heavy atom. The summed E-state index contributed by atoms with van der Waals surface area (Å²) in [6.45, 7) is 4.65. The molecule has 3 aliphatic carbocycles. The maximum absolute atomic E-state index is 14.0. The molecule has 0 aromatic rings. The molecule has 0 spiro atoms. The molecule has 2 fully saturated rings. The van der Waals surface area contributed by atoms with Gasteiger partial charge in [-0.15, -0.1) is 0 Å². The van der Waals surface area contributed by atoms with Gasteiger partial charge in [-0.1, -0.05) is 6.92 Å². The zero-order valence-electron chi connectivity index (χ0n) is 24.6. The van der Waals surface area contributed by atoms with Crippen LogP contribution in [0, 0.1) is 16.7 Å². The summed E-state index contributed by atoms with van der Waals surface area (Å²) >= 11 is 0. The van der Waals surface area contributed by atoms with Gasteiger partial charge in [0.25, 0.3) is 0 Å². The third-order valence-corrected chi connectivity index (χ3v) is 9.09. The van der Waals surface area contributed by atoms with Crippen LogP contribution in [0.15, 0.2) is 39.2 Å². The van der Waals surface area contributed by atoms with E-state index in [0.717, 1.165) is 6.20 Å². The maximum atomic E-state index is 14.0. The lowest BCUT2D eigenvalue weighted by Gasteiger charge is -2.53. The first-order chi connectivity index (χ1) is 20.2. The zero-order chi connectivity index (χ0) is 31.9. The fourth-order valence-corrected chi connectivity index (χ4v) is 7.06. The Balaban J connectivity index is 1.85. The van der Waals surface area contributed by atoms with Crippen LogP contribution in [0.5, 0.6) is 0 Å². The molecular weight excluding hydrogens is 564 g/mol. The van der Waals surface area contributed by atoms with Crippen LogP contribution in [0.1, 0.15) is 52.9 Å². The van der Waals surface area contributed by atoms with Gasteiger partial charge in [0, 0.05) is 62.1 Å². The molecule has 1 heterocycles. The van der Waals surface area contributed by atoms with Crippen LogP contribution in [0.25, 0.3) is 0 Å². The second kappa shape index (κ2) is 11.8. The van der Waals surface area contributed by atoms with Crippen LogP contribution >= 0.6 is 0 Å². The highest BCUT2D eigenvalue weighted by Gasteiger charge is 2.64. The highest BCUT2D eigenvalue weighted by molar-refractivity contribution is 6.14. The minimum atomic E-state index is -1.44. The fourth-order valence-electron chi connectivity index (χ4n) is 7.06. The lowest BCUT2D eigenvalue weighted by Crippen LogP contribution is -2.57. The molecule has 1 saturated heterocycles. The normalized spacial score (nSPS) is 31.6. The summed E-state index contributed by atoms with van der Waals surface area (Å²) in [6, 6.07) is -1.18. The predicted molar refractivity (Wildman–Crippen MR) is 150 cm³/mol. The molecule has 7 N–H and O–H groups in total. The average Bonchev–Trinajstić information content (AvgIpc) is 3.21. The zero-order valence-corrected chi connectivity index (χ0v) is 24.6. The van der Waals surface area contributed by atoms with Crippen LogP contribution in [0.3, 0.4) is 0 Å². The number of aliphatic carboxylic acids is 1. The molecule has 0 aromatic carbocycles. The van der Waals surface area contributed by atoms with Crippen molar-refractivity contribution in [1.29, 1.82) is 0 Å². The van der Waals surface area contributed by atoms with Gasteiger partial charge in [0.1, 0.15) is 24.0 Å². The van der Waals surface area contributed by atoms with Crippen LogP contribution in [-0.2, 0) is 38.2 Å². The molecule has 234 valence electrons. The minimum Gasteiger partial charge on any atom is -0.504 e. The largest absolute Gasteiger partial charge is 0.504 e. The van der Waals surface area contributed by atoms with Crippen molar-refractivity contribution in [2.24, 2.45) is 33.2 Å². The molecule has 1 aliphatic heterocycles. The number of esters is 2. The van der Waals surface area contributed by atoms with Crippen molar-refractivity contribution < 1.29 is 48.4 Å². The number of carbonyl (C=O) groups excluding carboxylic acids is 4. The van der Waals surface area contributed by atoms with Crippen molar-refractivity contribution >= 4 is 35.4 Å². The molecule has 4 rings (SSSR count). The second-order valence-corrected chi connectivity index (χ2v) is 11.7. The van der Waals surface area contributed by atoms with Crippen molar-refractivity contribution in [3.8, 4) is 0 Å². The Hall–Kier alpha value is -4.20. The quantitative estimate of drug-likeness (QED) is 0.0757. The molecule has 1 saturated carbocycles.